The summed E-state index contributed by atoms with van der Waals surface area (Å²) >= 11 is 0. The number of benzene rings is 1. The molecule has 0 fully saturated rings. The van der Waals surface area contributed by atoms with Gasteiger partial charge in [0.1, 0.15) is 0 Å². The van der Waals surface area contributed by atoms with Gasteiger partial charge in [-0.05, 0) is 43.7 Å². The summed E-state index contributed by atoms with van der Waals surface area (Å²) in [4.78, 5) is 15.7. The number of aromatic nitrogens is 1. The van der Waals surface area contributed by atoms with Crippen LogP contribution in [0, 0.1) is 0 Å². The summed E-state index contributed by atoms with van der Waals surface area (Å²) in [6.07, 6.45) is 5.32. The zero-order valence-electron chi connectivity index (χ0n) is 15.8. The molecular formula is C20H30N4O2. The maximum Gasteiger partial charge on any atom is 0.305 e. The van der Waals surface area contributed by atoms with Crippen molar-refractivity contribution in [2.75, 3.05) is 26.7 Å². The molecule has 0 radical (unpaired) electrons. The van der Waals surface area contributed by atoms with Crippen molar-refractivity contribution in [3.63, 3.8) is 0 Å². The van der Waals surface area contributed by atoms with Gasteiger partial charge in [0.15, 0.2) is 5.96 Å². The van der Waals surface area contributed by atoms with E-state index in [1.165, 1.54) is 18.0 Å². The fraction of sp³-hybridized carbons (Fsp3) is 0.500. The van der Waals surface area contributed by atoms with Gasteiger partial charge in [-0.2, -0.15) is 0 Å². The van der Waals surface area contributed by atoms with Gasteiger partial charge in [0, 0.05) is 44.3 Å². The van der Waals surface area contributed by atoms with Crippen molar-refractivity contribution in [2.24, 2.45) is 4.99 Å². The summed E-state index contributed by atoms with van der Waals surface area (Å²) in [5.41, 5.74) is 1.27. The molecule has 26 heavy (non-hydrogen) atoms. The van der Waals surface area contributed by atoms with Gasteiger partial charge in [-0.25, -0.2) is 0 Å². The van der Waals surface area contributed by atoms with E-state index in [0.717, 1.165) is 51.4 Å². The zero-order valence-corrected chi connectivity index (χ0v) is 15.8. The van der Waals surface area contributed by atoms with Crippen LogP contribution in [0.1, 0.15) is 32.6 Å². The third-order valence-corrected chi connectivity index (χ3v) is 4.18. The topological polar surface area (TPSA) is 67.7 Å². The molecule has 2 aromatic rings. The molecule has 2 rings (SSSR count). The smallest absolute Gasteiger partial charge is 0.305 e. The second-order valence-electron chi connectivity index (χ2n) is 6.14. The average molecular weight is 358 g/mol. The maximum absolute atomic E-state index is 11.1. The molecule has 0 saturated carbocycles. The molecule has 0 bridgehead atoms. The van der Waals surface area contributed by atoms with E-state index in [4.69, 9.17) is 0 Å². The summed E-state index contributed by atoms with van der Waals surface area (Å²) in [7, 11) is 1.42. The van der Waals surface area contributed by atoms with E-state index in [1.807, 2.05) is 0 Å². The highest BCUT2D eigenvalue weighted by molar-refractivity contribution is 5.80. The van der Waals surface area contributed by atoms with E-state index < -0.39 is 0 Å². The summed E-state index contributed by atoms with van der Waals surface area (Å²) in [5, 5.41) is 7.85. The number of esters is 1. The first-order valence-electron chi connectivity index (χ1n) is 9.37. The van der Waals surface area contributed by atoms with Crippen LogP contribution in [-0.2, 0) is 16.1 Å². The molecule has 0 saturated heterocycles. The Kier molecular flexibility index (Phi) is 8.52. The van der Waals surface area contributed by atoms with Crippen molar-refractivity contribution in [1.82, 2.24) is 15.2 Å². The van der Waals surface area contributed by atoms with Crippen molar-refractivity contribution in [3.05, 3.63) is 36.5 Å². The first kappa shape index (κ1) is 19.8. The fourth-order valence-electron chi connectivity index (χ4n) is 2.81. The molecule has 0 aliphatic rings. The lowest BCUT2D eigenvalue weighted by molar-refractivity contribution is -0.140. The van der Waals surface area contributed by atoms with Crippen LogP contribution in [0.25, 0.3) is 10.9 Å². The predicted octanol–water partition coefficient (Wildman–Crippen LogP) is 2.93. The minimum Gasteiger partial charge on any atom is -0.469 e. The molecule has 0 unspecified atom stereocenters. The summed E-state index contributed by atoms with van der Waals surface area (Å²) in [6.45, 7) is 5.40. The third kappa shape index (κ3) is 6.43. The first-order chi connectivity index (χ1) is 12.7. The highest BCUT2D eigenvalue weighted by atomic mass is 16.5. The lowest BCUT2D eigenvalue weighted by Gasteiger charge is -2.11. The van der Waals surface area contributed by atoms with Crippen LogP contribution in [0.2, 0.25) is 0 Å². The highest BCUT2D eigenvalue weighted by Crippen LogP contribution is 2.15. The Morgan fingerprint density at radius 2 is 2.00 bits per heavy atom. The molecule has 1 aromatic heterocycles. The van der Waals surface area contributed by atoms with Crippen molar-refractivity contribution >= 4 is 22.8 Å². The number of aliphatic imine (C=N–C) groups is 1. The van der Waals surface area contributed by atoms with Crippen LogP contribution in [0.4, 0.5) is 0 Å². The number of nitrogens with zero attached hydrogens (tertiary/aromatic N) is 2. The van der Waals surface area contributed by atoms with E-state index >= 15 is 0 Å². The van der Waals surface area contributed by atoms with Gasteiger partial charge >= 0.3 is 5.97 Å². The predicted molar refractivity (Wildman–Crippen MR) is 106 cm³/mol. The Balaban J connectivity index is 1.71. The number of unbranched alkanes of at least 4 members (excludes halogenated alkanes) is 1. The van der Waals surface area contributed by atoms with Crippen LogP contribution in [0.3, 0.4) is 0 Å². The number of carbonyl (C=O) groups excluding carboxylic acids is 1. The average Bonchev–Trinajstić information content (AvgIpc) is 3.07. The van der Waals surface area contributed by atoms with E-state index in [0.29, 0.717) is 6.42 Å². The number of ether oxygens (including phenoxy) is 1. The lowest BCUT2D eigenvalue weighted by atomic mass is 10.2. The molecule has 142 valence electrons. The molecule has 6 heteroatoms. The van der Waals surface area contributed by atoms with Crippen LogP contribution in [0.15, 0.2) is 41.5 Å². The molecule has 6 nitrogen and oxygen atoms in total. The number of rotatable bonds is 10. The van der Waals surface area contributed by atoms with Crippen molar-refractivity contribution < 1.29 is 9.53 Å². The second kappa shape index (κ2) is 11.2. The monoisotopic (exact) mass is 358 g/mol. The van der Waals surface area contributed by atoms with Gasteiger partial charge in [0.2, 0.25) is 0 Å². The standard InChI is InChI=1S/C20H30N4O2/c1-3-21-20(22-13-7-6-11-19(25)26-2)23-14-8-15-24-16-12-17-9-4-5-10-18(17)24/h4-5,9-10,12,16H,3,6-8,11,13-15H2,1-2H3,(H2,21,22,23). The molecule has 2 N–H and O–H groups in total. The van der Waals surface area contributed by atoms with Crippen molar-refractivity contribution in [1.29, 1.82) is 0 Å². The molecule has 0 amide bonds. The number of aryl methyl sites for hydroxylation is 1. The number of para-hydroxylation sites is 1. The molecule has 1 heterocycles. The quantitative estimate of drug-likeness (QED) is 0.297. The number of carbonyl (C=O) groups is 1. The molecular weight excluding hydrogens is 328 g/mol. The number of nitrogens with one attached hydrogen (secondary N) is 2. The van der Waals surface area contributed by atoms with Gasteiger partial charge in [-0.1, -0.05) is 18.2 Å². The first-order valence-corrected chi connectivity index (χ1v) is 9.37. The minimum absolute atomic E-state index is 0.150. The number of hydrogen-bond acceptors (Lipinski definition) is 3. The Morgan fingerprint density at radius 3 is 2.81 bits per heavy atom. The Labute approximate surface area is 155 Å². The van der Waals surface area contributed by atoms with E-state index in [9.17, 15) is 4.79 Å². The maximum atomic E-state index is 11.1. The Morgan fingerprint density at radius 1 is 1.15 bits per heavy atom. The van der Waals surface area contributed by atoms with E-state index in [2.05, 4.69) is 68.4 Å². The van der Waals surface area contributed by atoms with Crippen LogP contribution in [-0.4, -0.2) is 43.2 Å². The van der Waals surface area contributed by atoms with Gasteiger partial charge < -0.3 is 19.9 Å². The highest BCUT2D eigenvalue weighted by Gasteiger charge is 2.02. The van der Waals surface area contributed by atoms with Crippen LogP contribution in [0.5, 0.6) is 0 Å². The second-order valence-corrected chi connectivity index (χ2v) is 6.14. The Bertz CT molecular complexity index is 709. The van der Waals surface area contributed by atoms with Crippen LogP contribution < -0.4 is 10.6 Å². The van der Waals surface area contributed by atoms with Crippen LogP contribution >= 0.6 is 0 Å². The van der Waals surface area contributed by atoms with Crippen molar-refractivity contribution in [2.45, 2.75) is 39.2 Å². The molecule has 0 aliphatic carbocycles. The zero-order chi connectivity index (χ0) is 18.6. The summed E-state index contributed by atoms with van der Waals surface area (Å²) < 4.78 is 6.92. The van der Waals surface area contributed by atoms with E-state index in [-0.39, 0.29) is 5.97 Å². The van der Waals surface area contributed by atoms with Gasteiger partial charge in [0.25, 0.3) is 0 Å². The number of fused-ring (bicyclic) bond motifs is 1. The van der Waals surface area contributed by atoms with Gasteiger partial charge in [-0.15, -0.1) is 0 Å². The summed E-state index contributed by atoms with van der Waals surface area (Å²) in [5.74, 6) is 0.686. The molecule has 0 aliphatic heterocycles. The van der Waals surface area contributed by atoms with E-state index in [1.54, 1.807) is 0 Å². The molecule has 0 atom stereocenters. The minimum atomic E-state index is -0.150. The Hall–Kier alpha value is -2.50. The van der Waals surface area contributed by atoms with Crippen molar-refractivity contribution in [3.8, 4) is 0 Å². The van der Waals surface area contributed by atoms with Gasteiger partial charge in [-0.3, -0.25) is 9.79 Å². The summed E-state index contributed by atoms with van der Waals surface area (Å²) in [6, 6.07) is 10.6. The van der Waals surface area contributed by atoms with Gasteiger partial charge in [0.05, 0.1) is 7.11 Å². The largest absolute Gasteiger partial charge is 0.469 e. The molecule has 0 spiro atoms. The lowest BCUT2D eigenvalue weighted by Crippen LogP contribution is -2.37. The molecule has 1 aromatic carbocycles. The number of guanidine groups is 1. The SMILES string of the molecule is CCNC(=NCCCn1ccc2ccccc21)NCCCCC(=O)OC. The fourth-order valence-corrected chi connectivity index (χ4v) is 2.81. The third-order valence-electron chi connectivity index (χ3n) is 4.18. The number of hydrogen-bond donors (Lipinski definition) is 2. The number of methoxy groups -OCH3 is 1. The normalized spacial score (nSPS) is 11.5.